The first-order valence-corrected chi connectivity index (χ1v) is 8.95. The fourth-order valence-corrected chi connectivity index (χ4v) is 3.64. The summed E-state index contributed by atoms with van der Waals surface area (Å²) in [5, 5.41) is 9.80. The summed E-state index contributed by atoms with van der Waals surface area (Å²) in [6.07, 6.45) is 1.23. The van der Waals surface area contributed by atoms with Crippen LogP contribution in [0.4, 0.5) is 0 Å². The summed E-state index contributed by atoms with van der Waals surface area (Å²) in [5.41, 5.74) is 0.968. The highest BCUT2D eigenvalue weighted by molar-refractivity contribution is 7.89. The van der Waals surface area contributed by atoms with Gasteiger partial charge in [0.05, 0.1) is 17.5 Å². The van der Waals surface area contributed by atoms with Crippen molar-refractivity contribution in [3.63, 3.8) is 0 Å². The molecule has 0 radical (unpaired) electrons. The van der Waals surface area contributed by atoms with Crippen molar-refractivity contribution in [3.05, 3.63) is 29.8 Å². The van der Waals surface area contributed by atoms with E-state index in [1.807, 2.05) is 13.8 Å². The quantitative estimate of drug-likeness (QED) is 0.754. The van der Waals surface area contributed by atoms with Crippen LogP contribution < -0.4 is 0 Å². The molecule has 1 atom stereocenters. The minimum atomic E-state index is -3.72. The normalized spacial score (nSPS) is 13.3. The van der Waals surface area contributed by atoms with E-state index in [4.69, 9.17) is 0 Å². The van der Waals surface area contributed by atoms with E-state index < -0.39 is 16.1 Å². The smallest absolute Gasteiger partial charge is 0.243 e. The molecule has 0 fully saturated rings. The summed E-state index contributed by atoms with van der Waals surface area (Å²) >= 11 is 0. The number of benzene rings is 1. The molecule has 0 saturated carbocycles. The molecule has 0 aliphatic heterocycles. The van der Waals surface area contributed by atoms with E-state index >= 15 is 0 Å². The number of hydrogen-bond donors (Lipinski definition) is 1. The van der Waals surface area contributed by atoms with Crippen LogP contribution in [0.3, 0.4) is 0 Å². The molecule has 0 aromatic heterocycles. The predicted molar refractivity (Wildman–Crippen MR) is 86.2 cm³/mol. The topological polar surface area (TPSA) is 74.7 Å². The second kappa shape index (κ2) is 8.41. The van der Waals surface area contributed by atoms with Gasteiger partial charge in [0, 0.05) is 6.54 Å². The van der Waals surface area contributed by atoms with Gasteiger partial charge in [0.25, 0.3) is 0 Å². The number of hydrogen-bond acceptors (Lipinski definition) is 4. The lowest BCUT2D eigenvalue weighted by molar-refractivity contribution is -0.117. The lowest BCUT2D eigenvalue weighted by atomic mass is 10.1. The van der Waals surface area contributed by atoms with Crippen molar-refractivity contribution >= 4 is 15.8 Å². The molecule has 1 unspecified atom stereocenters. The number of ketones is 1. The molecule has 0 amide bonds. The van der Waals surface area contributed by atoms with Crippen molar-refractivity contribution in [2.45, 2.75) is 51.0 Å². The Bertz CT molecular complexity index is 581. The van der Waals surface area contributed by atoms with E-state index in [0.29, 0.717) is 12.8 Å². The summed E-state index contributed by atoms with van der Waals surface area (Å²) in [6.45, 7) is 5.16. The van der Waals surface area contributed by atoms with E-state index in [-0.39, 0.29) is 23.8 Å². The first-order chi connectivity index (χ1) is 10.3. The molecule has 124 valence electrons. The molecule has 0 saturated heterocycles. The fraction of sp³-hybridized carbons (Fsp3) is 0.562. The summed E-state index contributed by atoms with van der Waals surface area (Å²) in [6, 6.07) is 6.54. The molecule has 0 bridgehead atoms. The van der Waals surface area contributed by atoms with Crippen molar-refractivity contribution < 1.29 is 18.3 Å². The largest absolute Gasteiger partial charge is 0.393 e. The molecule has 5 nitrogen and oxygen atoms in total. The lowest BCUT2D eigenvalue weighted by Gasteiger charge is -2.22. The van der Waals surface area contributed by atoms with Crippen LogP contribution in [0.1, 0.15) is 38.7 Å². The van der Waals surface area contributed by atoms with Crippen LogP contribution in [0, 0.1) is 6.92 Å². The van der Waals surface area contributed by atoms with Crippen LogP contribution in [-0.2, 0) is 14.8 Å². The zero-order valence-corrected chi connectivity index (χ0v) is 14.3. The van der Waals surface area contributed by atoms with Crippen LogP contribution in [-0.4, -0.2) is 42.8 Å². The molecule has 6 heteroatoms. The Balaban J connectivity index is 2.94. The number of aliphatic hydroxyl groups is 1. The second-order valence-electron chi connectivity index (χ2n) is 5.58. The van der Waals surface area contributed by atoms with Gasteiger partial charge in [-0.05, 0) is 38.8 Å². The minimum Gasteiger partial charge on any atom is -0.393 e. The third kappa shape index (κ3) is 5.51. The molecule has 0 aliphatic carbocycles. The number of sulfonamides is 1. The molecule has 0 aliphatic rings. The molecule has 0 heterocycles. The average molecular weight is 327 g/mol. The van der Waals surface area contributed by atoms with E-state index in [1.54, 1.807) is 24.3 Å². The van der Waals surface area contributed by atoms with Crippen molar-refractivity contribution in [1.82, 2.24) is 4.31 Å². The number of carbonyl (C=O) groups is 1. The number of nitrogens with zero attached hydrogens (tertiary/aromatic N) is 1. The van der Waals surface area contributed by atoms with E-state index in [1.165, 1.54) is 6.92 Å². The molecule has 1 rings (SSSR count). The van der Waals surface area contributed by atoms with Gasteiger partial charge in [-0.3, -0.25) is 4.79 Å². The van der Waals surface area contributed by atoms with Gasteiger partial charge in [-0.25, -0.2) is 8.42 Å². The van der Waals surface area contributed by atoms with Gasteiger partial charge < -0.3 is 5.11 Å². The van der Waals surface area contributed by atoms with E-state index in [0.717, 1.165) is 16.3 Å². The van der Waals surface area contributed by atoms with E-state index in [2.05, 4.69) is 0 Å². The fourth-order valence-electron chi connectivity index (χ4n) is 2.16. The highest BCUT2D eigenvalue weighted by Crippen LogP contribution is 2.17. The Hall–Kier alpha value is -1.24. The molecule has 22 heavy (non-hydrogen) atoms. The van der Waals surface area contributed by atoms with Crippen LogP contribution in [0.5, 0.6) is 0 Å². The highest BCUT2D eigenvalue weighted by atomic mass is 32.2. The lowest BCUT2D eigenvalue weighted by Crippen LogP contribution is -2.37. The third-order valence-corrected chi connectivity index (χ3v) is 5.25. The van der Waals surface area contributed by atoms with Crippen LogP contribution in [0.2, 0.25) is 0 Å². The summed E-state index contributed by atoms with van der Waals surface area (Å²) < 4.78 is 26.4. The van der Waals surface area contributed by atoms with Gasteiger partial charge >= 0.3 is 0 Å². The van der Waals surface area contributed by atoms with Gasteiger partial charge in [-0.15, -0.1) is 0 Å². The SMILES string of the molecule is CCCC(O)CCN(CC(C)=O)S(=O)(=O)c1ccc(C)cc1. The monoisotopic (exact) mass is 327 g/mol. The maximum absolute atomic E-state index is 12.6. The summed E-state index contributed by atoms with van der Waals surface area (Å²) in [7, 11) is -3.72. The Kier molecular flexibility index (Phi) is 7.19. The molecular weight excluding hydrogens is 302 g/mol. The first-order valence-electron chi connectivity index (χ1n) is 7.51. The highest BCUT2D eigenvalue weighted by Gasteiger charge is 2.25. The Morgan fingerprint density at radius 3 is 2.32 bits per heavy atom. The van der Waals surface area contributed by atoms with Gasteiger partial charge in [-0.2, -0.15) is 4.31 Å². The minimum absolute atomic E-state index is 0.136. The third-order valence-electron chi connectivity index (χ3n) is 3.39. The number of aryl methyl sites for hydroxylation is 1. The Morgan fingerprint density at radius 1 is 1.23 bits per heavy atom. The van der Waals surface area contributed by atoms with E-state index in [9.17, 15) is 18.3 Å². The van der Waals surface area contributed by atoms with Gasteiger partial charge in [0.1, 0.15) is 5.78 Å². The predicted octanol–water partition coefficient (Wildman–Crippen LogP) is 2.13. The number of carbonyl (C=O) groups excluding carboxylic acids is 1. The molecule has 1 aromatic carbocycles. The van der Waals surface area contributed by atoms with Crippen molar-refractivity contribution in [2.24, 2.45) is 0 Å². The Morgan fingerprint density at radius 2 is 1.82 bits per heavy atom. The van der Waals surface area contributed by atoms with Crippen molar-refractivity contribution in [3.8, 4) is 0 Å². The zero-order valence-electron chi connectivity index (χ0n) is 13.4. The summed E-state index contributed by atoms with van der Waals surface area (Å²) in [4.78, 5) is 11.6. The summed E-state index contributed by atoms with van der Waals surface area (Å²) in [5.74, 6) is -0.222. The average Bonchev–Trinajstić information content (AvgIpc) is 2.43. The molecule has 1 N–H and O–H groups in total. The number of Topliss-reactive ketones (excluding diaryl/α,β-unsaturated/α-hetero) is 1. The Labute approximate surface area is 133 Å². The number of aliphatic hydroxyl groups excluding tert-OH is 1. The van der Waals surface area contributed by atoms with Gasteiger partial charge in [-0.1, -0.05) is 31.0 Å². The zero-order chi connectivity index (χ0) is 16.8. The van der Waals surface area contributed by atoms with Gasteiger partial charge in [0.2, 0.25) is 10.0 Å². The molecule has 1 aromatic rings. The maximum atomic E-state index is 12.6. The molecular formula is C16H25NO4S. The second-order valence-corrected chi connectivity index (χ2v) is 7.52. The van der Waals surface area contributed by atoms with Gasteiger partial charge in [0.15, 0.2) is 0 Å². The standard InChI is InChI=1S/C16H25NO4S/c1-4-5-15(19)10-11-17(12-14(3)18)22(20,21)16-8-6-13(2)7-9-16/h6-9,15,19H,4-5,10-12H2,1-3H3. The maximum Gasteiger partial charge on any atom is 0.243 e. The van der Waals surface area contributed by atoms with Crippen LogP contribution >= 0.6 is 0 Å². The number of rotatable bonds is 9. The molecule has 0 spiro atoms. The van der Waals surface area contributed by atoms with Crippen molar-refractivity contribution in [2.75, 3.05) is 13.1 Å². The first kappa shape index (κ1) is 18.8. The van der Waals surface area contributed by atoms with Crippen molar-refractivity contribution in [1.29, 1.82) is 0 Å². The van der Waals surface area contributed by atoms with Crippen LogP contribution in [0.15, 0.2) is 29.2 Å². The van der Waals surface area contributed by atoms with Crippen LogP contribution in [0.25, 0.3) is 0 Å².